The van der Waals surface area contributed by atoms with E-state index >= 15 is 0 Å². The molecule has 5 heteroatoms. The normalized spacial score (nSPS) is 13.8. The number of ketones is 1. The minimum absolute atomic E-state index is 0.0114. The number of benzene rings is 2. The molecular formula is C15H11Br3O2. The molecule has 2 rings (SSSR count). The van der Waals surface area contributed by atoms with E-state index in [-0.39, 0.29) is 16.4 Å². The molecule has 2 atom stereocenters. The number of Topliss-reactive ketones (excluding diaryl/α,β-unsaturated/α-hetero) is 1. The minimum Gasteiger partial charge on any atom is -0.508 e. The maximum absolute atomic E-state index is 12.4. The van der Waals surface area contributed by atoms with Gasteiger partial charge < -0.3 is 5.11 Å². The zero-order chi connectivity index (χ0) is 14.7. The van der Waals surface area contributed by atoms with Crippen LogP contribution in [-0.2, 0) is 0 Å². The summed E-state index contributed by atoms with van der Waals surface area (Å²) in [7, 11) is 0. The van der Waals surface area contributed by atoms with Crippen molar-refractivity contribution in [3.05, 3.63) is 64.1 Å². The zero-order valence-electron chi connectivity index (χ0n) is 10.3. The van der Waals surface area contributed by atoms with Crippen molar-refractivity contribution in [1.29, 1.82) is 0 Å². The van der Waals surface area contributed by atoms with Gasteiger partial charge in [-0.3, -0.25) is 4.79 Å². The Labute approximate surface area is 142 Å². The summed E-state index contributed by atoms with van der Waals surface area (Å²) in [6.07, 6.45) is 0. The van der Waals surface area contributed by atoms with Gasteiger partial charge >= 0.3 is 0 Å². The largest absolute Gasteiger partial charge is 0.508 e. The molecule has 1 N–H and O–H groups in total. The number of phenolic OH excluding ortho intramolecular Hbond substituents is 1. The highest BCUT2D eigenvalue weighted by Crippen LogP contribution is 2.34. The summed E-state index contributed by atoms with van der Waals surface area (Å²) in [4.78, 5) is 11.8. The third-order valence-corrected chi connectivity index (χ3v) is 6.06. The molecule has 0 aliphatic carbocycles. The van der Waals surface area contributed by atoms with Gasteiger partial charge in [0.2, 0.25) is 0 Å². The molecule has 0 aliphatic rings. The highest BCUT2D eigenvalue weighted by molar-refractivity contribution is 9.12. The Morgan fingerprint density at radius 2 is 1.70 bits per heavy atom. The Morgan fingerprint density at radius 1 is 1.05 bits per heavy atom. The van der Waals surface area contributed by atoms with Crippen LogP contribution in [0.1, 0.15) is 20.7 Å². The van der Waals surface area contributed by atoms with Crippen LogP contribution in [0.3, 0.4) is 0 Å². The molecule has 2 nitrogen and oxygen atoms in total. The van der Waals surface area contributed by atoms with Crippen molar-refractivity contribution in [2.75, 3.05) is 0 Å². The molecule has 0 spiro atoms. The van der Waals surface area contributed by atoms with Crippen molar-refractivity contribution in [2.45, 2.75) is 9.65 Å². The van der Waals surface area contributed by atoms with Gasteiger partial charge in [-0.25, -0.2) is 0 Å². The predicted molar refractivity (Wildman–Crippen MR) is 91.0 cm³/mol. The number of alkyl halides is 2. The second-order valence-corrected chi connectivity index (χ2v) is 7.16. The molecule has 0 amide bonds. The number of aromatic hydroxyl groups is 1. The molecule has 0 radical (unpaired) electrons. The SMILES string of the molecule is O=C(c1ccc(Br)cc1)C(Br)C(Br)c1cccc(O)c1. The van der Waals surface area contributed by atoms with E-state index < -0.39 is 4.83 Å². The van der Waals surface area contributed by atoms with Gasteiger partial charge in [-0.05, 0) is 29.8 Å². The maximum atomic E-state index is 12.4. The van der Waals surface area contributed by atoms with Gasteiger partial charge in [-0.15, -0.1) is 0 Å². The fourth-order valence-electron chi connectivity index (χ4n) is 1.77. The Balaban J connectivity index is 2.20. The van der Waals surface area contributed by atoms with E-state index in [4.69, 9.17) is 0 Å². The lowest BCUT2D eigenvalue weighted by molar-refractivity contribution is 0.0991. The molecule has 20 heavy (non-hydrogen) atoms. The van der Waals surface area contributed by atoms with Crippen LogP contribution in [0.4, 0.5) is 0 Å². The van der Waals surface area contributed by atoms with Crippen molar-refractivity contribution >= 4 is 53.6 Å². The predicted octanol–water partition coefficient (Wildman–Crippen LogP) is 5.24. The van der Waals surface area contributed by atoms with Crippen LogP contribution in [0.25, 0.3) is 0 Å². The summed E-state index contributed by atoms with van der Waals surface area (Å²) in [5.41, 5.74) is 1.48. The Bertz CT molecular complexity index is 611. The first-order valence-electron chi connectivity index (χ1n) is 5.86. The van der Waals surface area contributed by atoms with Gasteiger partial charge in [0, 0.05) is 10.0 Å². The standard InChI is InChI=1S/C15H11Br3O2/c16-11-6-4-9(5-7-11)15(20)14(18)13(17)10-2-1-3-12(19)8-10/h1-8,13-14,19H. The first kappa shape index (κ1) is 15.7. The van der Waals surface area contributed by atoms with Crippen LogP contribution < -0.4 is 0 Å². The van der Waals surface area contributed by atoms with E-state index in [1.54, 1.807) is 30.3 Å². The molecule has 104 valence electrons. The second kappa shape index (κ2) is 6.87. The summed E-state index contributed by atoms with van der Waals surface area (Å²) in [6, 6.07) is 14.1. The number of carbonyl (C=O) groups is 1. The van der Waals surface area contributed by atoms with Crippen LogP contribution in [0.5, 0.6) is 5.75 Å². The molecule has 0 aliphatic heterocycles. The molecule has 0 heterocycles. The summed E-state index contributed by atoms with van der Waals surface area (Å²) in [5.74, 6) is 0.172. The number of halogens is 3. The van der Waals surface area contributed by atoms with E-state index in [1.165, 1.54) is 0 Å². The van der Waals surface area contributed by atoms with E-state index in [9.17, 15) is 9.90 Å². The fourth-order valence-corrected chi connectivity index (χ4v) is 3.13. The number of hydrogen-bond acceptors (Lipinski definition) is 2. The van der Waals surface area contributed by atoms with Crippen LogP contribution in [0, 0.1) is 0 Å². The van der Waals surface area contributed by atoms with Crippen LogP contribution >= 0.6 is 47.8 Å². The molecular weight excluding hydrogens is 452 g/mol. The van der Waals surface area contributed by atoms with E-state index in [1.807, 2.05) is 18.2 Å². The van der Waals surface area contributed by atoms with Crippen LogP contribution in [-0.4, -0.2) is 15.7 Å². The van der Waals surface area contributed by atoms with Gasteiger partial charge in [-0.1, -0.05) is 72.1 Å². The van der Waals surface area contributed by atoms with E-state index in [0.717, 1.165) is 10.0 Å². The van der Waals surface area contributed by atoms with Gasteiger partial charge in [0.1, 0.15) is 5.75 Å². The molecule has 2 aromatic carbocycles. The van der Waals surface area contributed by atoms with Crippen molar-refractivity contribution in [1.82, 2.24) is 0 Å². The summed E-state index contributed by atoms with van der Waals surface area (Å²) in [6.45, 7) is 0. The molecule has 0 bridgehead atoms. The first-order chi connectivity index (χ1) is 9.49. The smallest absolute Gasteiger partial charge is 0.177 e. The lowest BCUT2D eigenvalue weighted by atomic mass is 10.0. The third kappa shape index (κ3) is 3.71. The number of carbonyl (C=O) groups excluding carboxylic acids is 1. The zero-order valence-corrected chi connectivity index (χ0v) is 15.0. The third-order valence-electron chi connectivity index (χ3n) is 2.82. The van der Waals surface area contributed by atoms with Gasteiger partial charge in [0.05, 0.1) is 9.65 Å². The van der Waals surface area contributed by atoms with Crippen molar-refractivity contribution in [2.24, 2.45) is 0 Å². The lowest BCUT2D eigenvalue weighted by Crippen LogP contribution is -2.19. The maximum Gasteiger partial charge on any atom is 0.177 e. The highest BCUT2D eigenvalue weighted by Gasteiger charge is 2.26. The average Bonchev–Trinajstić information content (AvgIpc) is 2.46. The average molecular weight is 463 g/mol. The molecule has 0 saturated carbocycles. The Kier molecular flexibility index (Phi) is 5.41. The molecule has 2 unspecified atom stereocenters. The first-order valence-corrected chi connectivity index (χ1v) is 8.48. The monoisotopic (exact) mass is 460 g/mol. The molecule has 0 saturated heterocycles. The summed E-state index contributed by atoms with van der Waals surface area (Å²) < 4.78 is 0.934. The van der Waals surface area contributed by atoms with Crippen molar-refractivity contribution < 1.29 is 9.90 Å². The summed E-state index contributed by atoms with van der Waals surface area (Å²) in [5, 5.41) is 9.50. The molecule has 0 aromatic heterocycles. The number of phenols is 1. The number of hydrogen-bond donors (Lipinski definition) is 1. The van der Waals surface area contributed by atoms with Gasteiger partial charge in [-0.2, -0.15) is 0 Å². The van der Waals surface area contributed by atoms with Gasteiger partial charge in [0.25, 0.3) is 0 Å². The van der Waals surface area contributed by atoms with Gasteiger partial charge in [0.15, 0.2) is 5.78 Å². The quantitative estimate of drug-likeness (QED) is 0.498. The lowest BCUT2D eigenvalue weighted by Gasteiger charge is -2.16. The van der Waals surface area contributed by atoms with E-state index in [0.29, 0.717) is 5.56 Å². The summed E-state index contributed by atoms with van der Waals surface area (Å²) >= 11 is 10.3. The van der Waals surface area contributed by atoms with Crippen LogP contribution in [0.2, 0.25) is 0 Å². The fraction of sp³-hybridized carbons (Fsp3) is 0.133. The second-order valence-electron chi connectivity index (χ2n) is 4.27. The van der Waals surface area contributed by atoms with Crippen LogP contribution in [0.15, 0.2) is 53.0 Å². The Morgan fingerprint density at radius 3 is 2.30 bits per heavy atom. The molecule has 0 fully saturated rings. The highest BCUT2D eigenvalue weighted by atomic mass is 79.9. The van der Waals surface area contributed by atoms with Crippen molar-refractivity contribution in [3.8, 4) is 5.75 Å². The topological polar surface area (TPSA) is 37.3 Å². The van der Waals surface area contributed by atoms with E-state index in [2.05, 4.69) is 47.8 Å². The molecule has 2 aromatic rings. The van der Waals surface area contributed by atoms with Crippen molar-refractivity contribution in [3.63, 3.8) is 0 Å². The Hall–Kier alpha value is -0.650. The number of rotatable bonds is 4. The minimum atomic E-state index is -0.412.